The Balaban J connectivity index is 1.45. The zero-order valence-electron chi connectivity index (χ0n) is 16.6. The van der Waals surface area contributed by atoms with Gasteiger partial charge in [-0.05, 0) is 75.2 Å². The van der Waals surface area contributed by atoms with Crippen LogP contribution in [-0.4, -0.2) is 29.6 Å². The molecule has 1 aliphatic heterocycles. The van der Waals surface area contributed by atoms with Crippen LogP contribution in [-0.2, 0) is 6.42 Å². The van der Waals surface area contributed by atoms with Crippen molar-refractivity contribution in [3.8, 4) is 11.3 Å². The zero-order chi connectivity index (χ0) is 19.2. The topological polar surface area (TPSA) is 49.8 Å². The van der Waals surface area contributed by atoms with Gasteiger partial charge in [-0.15, -0.1) is 0 Å². The molecule has 4 nitrogen and oxygen atoms in total. The lowest BCUT2D eigenvalue weighted by molar-refractivity contribution is 0.373. The smallest absolute Gasteiger partial charge is 0.126 e. The van der Waals surface area contributed by atoms with E-state index in [1.807, 2.05) is 6.07 Å². The number of nitrogens with zero attached hydrogens (tertiary/aromatic N) is 2. The molecule has 2 aliphatic rings. The largest absolute Gasteiger partial charge is 0.370 e. The maximum absolute atomic E-state index is 6.49. The third-order valence-electron chi connectivity index (χ3n) is 6.13. The Labute approximate surface area is 173 Å². The number of piperidine rings is 1. The second-order valence-electron chi connectivity index (χ2n) is 8.36. The van der Waals surface area contributed by atoms with Gasteiger partial charge in [-0.2, -0.15) is 0 Å². The van der Waals surface area contributed by atoms with E-state index in [9.17, 15) is 0 Å². The molecule has 0 bridgehead atoms. The fourth-order valence-corrected chi connectivity index (χ4v) is 4.71. The first kappa shape index (κ1) is 19.7. The Morgan fingerprint density at radius 2 is 1.93 bits per heavy atom. The van der Waals surface area contributed by atoms with Gasteiger partial charge in [-0.25, -0.2) is 4.98 Å². The SMILES string of the molecule is Clc1cnc(C[C@H]2CCCNC2)cc1-c1cccc(NCC2CCCCC2)n1. The second kappa shape index (κ2) is 9.71. The van der Waals surface area contributed by atoms with Crippen molar-refractivity contribution in [3.63, 3.8) is 0 Å². The van der Waals surface area contributed by atoms with E-state index in [0.29, 0.717) is 10.9 Å². The van der Waals surface area contributed by atoms with Gasteiger partial charge in [0.05, 0.1) is 10.7 Å². The Kier molecular flexibility index (Phi) is 6.81. The van der Waals surface area contributed by atoms with Crippen LogP contribution < -0.4 is 10.6 Å². The first-order valence-electron chi connectivity index (χ1n) is 10.8. The normalized spacial score (nSPS) is 20.8. The quantitative estimate of drug-likeness (QED) is 0.690. The minimum Gasteiger partial charge on any atom is -0.370 e. The fourth-order valence-electron chi connectivity index (χ4n) is 4.51. The molecule has 1 atom stereocenters. The minimum atomic E-state index is 0.659. The molecule has 1 aliphatic carbocycles. The van der Waals surface area contributed by atoms with Crippen LogP contribution >= 0.6 is 11.6 Å². The van der Waals surface area contributed by atoms with Gasteiger partial charge in [0.2, 0.25) is 0 Å². The molecule has 2 aromatic rings. The van der Waals surface area contributed by atoms with Crippen molar-refractivity contribution in [2.45, 2.75) is 51.4 Å². The standard InChI is InChI=1S/C23H31ClN4/c24-21-16-26-19(12-18-8-5-11-25-14-18)13-20(21)22-9-4-10-23(28-22)27-15-17-6-2-1-3-7-17/h4,9-10,13,16-18,25H,1-3,5-8,11-12,14-15H2,(H,27,28)/t18-/m1/s1. The summed E-state index contributed by atoms with van der Waals surface area (Å²) in [6.45, 7) is 3.24. The highest BCUT2D eigenvalue weighted by atomic mass is 35.5. The predicted molar refractivity (Wildman–Crippen MR) is 117 cm³/mol. The Bertz CT molecular complexity index is 767. The number of halogens is 1. The van der Waals surface area contributed by atoms with Gasteiger partial charge in [-0.1, -0.05) is 36.9 Å². The van der Waals surface area contributed by atoms with Crippen LogP contribution in [0.15, 0.2) is 30.5 Å². The summed E-state index contributed by atoms with van der Waals surface area (Å²) in [7, 11) is 0. The van der Waals surface area contributed by atoms with Crippen molar-refractivity contribution in [1.82, 2.24) is 15.3 Å². The maximum Gasteiger partial charge on any atom is 0.126 e. The van der Waals surface area contributed by atoms with Gasteiger partial charge in [-0.3, -0.25) is 4.98 Å². The fraction of sp³-hybridized carbons (Fsp3) is 0.565. The van der Waals surface area contributed by atoms with Crippen LogP contribution in [0.25, 0.3) is 11.3 Å². The van der Waals surface area contributed by atoms with Crippen molar-refractivity contribution in [2.24, 2.45) is 11.8 Å². The average molecular weight is 399 g/mol. The molecule has 1 saturated carbocycles. The predicted octanol–water partition coefficient (Wildman–Crippen LogP) is 5.33. The molecule has 3 heterocycles. The summed E-state index contributed by atoms with van der Waals surface area (Å²) in [5.41, 5.74) is 3.01. The van der Waals surface area contributed by atoms with Crippen LogP contribution in [0.3, 0.4) is 0 Å². The number of nitrogens with one attached hydrogen (secondary N) is 2. The summed E-state index contributed by atoms with van der Waals surface area (Å²) in [5.74, 6) is 2.38. The Morgan fingerprint density at radius 1 is 1.07 bits per heavy atom. The molecule has 2 fully saturated rings. The van der Waals surface area contributed by atoms with Crippen LogP contribution in [0.5, 0.6) is 0 Å². The third kappa shape index (κ3) is 5.24. The lowest BCUT2D eigenvalue weighted by Crippen LogP contribution is -2.31. The molecule has 28 heavy (non-hydrogen) atoms. The van der Waals surface area contributed by atoms with Gasteiger partial charge in [0.1, 0.15) is 5.82 Å². The van der Waals surface area contributed by atoms with E-state index in [1.54, 1.807) is 6.20 Å². The number of rotatable bonds is 6. The number of hydrogen-bond acceptors (Lipinski definition) is 4. The highest BCUT2D eigenvalue weighted by Gasteiger charge is 2.16. The van der Waals surface area contributed by atoms with Crippen molar-refractivity contribution >= 4 is 17.4 Å². The highest BCUT2D eigenvalue weighted by molar-refractivity contribution is 6.33. The van der Waals surface area contributed by atoms with E-state index in [0.717, 1.165) is 54.7 Å². The third-order valence-corrected chi connectivity index (χ3v) is 6.43. The van der Waals surface area contributed by atoms with E-state index in [2.05, 4.69) is 33.8 Å². The lowest BCUT2D eigenvalue weighted by Gasteiger charge is -2.22. The molecule has 4 rings (SSSR count). The van der Waals surface area contributed by atoms with Crippen molar-refractivity contribution < 1.29 is 0 Å². The Hall–Kier alpha value is -1.65. The first-order chi connectivity index (χ1) is 13.8. The number of pyridine rings is 2. The van der Waals surface area contributed by atoms with Crippen LogP contribution in [0.2, 0.25) is 5.02 Å². The van der Waals surface area contributed by atoms with Gasteiger partial charge in [0.15, 0.2) is 0 Å². The maximum atomic E-state index is 6.49. The molecule has 0 aromatic carbocycles. The Morgan fingerprint density at radius 3 is 2.75 bits per heavy atom. The summed E-state index contributed by atoms with van der Waals surface area (Å²) in [6.07, 6.45) is 12.1. The zero-order valence-corrected chi connectivity index (χ0v) is 17.3. The molecular formula is C23H31ClN4. The molecule has 0 radical (unpaired) electrons. The molecule has 1 saturated heterocycles. The number of hydrogen-bond donors (Lipinski definition) is 2. The van der Waals surface area contributed by atoms with E-state index >= 15 is 0 Å². The molecule has 2 aromatic heterocycles. The molecule has 5 heteroatoms. The minimum absolute atomic E-state index is 0.659. The van der Waals surface area contributed by atoms with Crippen LogP contribution in [0, 0.1) is 11.8 Å². The molecule has 0 spiro atoms. The van der Waals surface area contributed by atoms with Gasteiger partial charge in [0, 0.05) is 24.0 Å². The van der Waals surface area contributed by atoms with Gasteiger partial charge >= 0.3 is 0 Å². The average Bonchev–Trinajstić information content (AvgIpc) is 2.75. The molecule has 2 N–H and O–H groups in total. The summed E-state index contributed by atoms with van der Waals surface area (Å²) in [4.78, 5) is 9.42. The lowest BCUT2D eigenvalue weighted by atomic mass is 9.89. The van der Waals surface area contributed by atoms with Crippen molar-refractivity contribution in [2.75, 3.05) is 25.0 Å². The molecule has 0 amide bonds. The second-order valence-corrected chi connectivity index (χ2v) is 8.77. The summed E-state index contributed by atoms with van der Waals surface area (Å²) >= 11 is 6.49. The van der Waals surface area contributed by atoms with Gasteiger partial charge in [0.25, 0.3) is 0 Å². The van der Waals surface area contributed by atoms with Crippen molar-refractivity contribution in [1.29, 1.82) is 0 Å². The number of aromatic nitrogens is 2. The number of anilines is 1. The van der Waals surface area contributed by atoms with E-state index in [1.165, 1.54) is 44.9 Å². The van der Waals surface area contributed by atoms with E-state index in [4.69, 9.17) is 16.6 Å². The summed E-state index contributed by atoms with van der Waals surface area (Å²) in [6, 6.07) is 8.28. The molecule has 150 valence electrons. The first-order valence-corrected chi connectivity index (χ1v) is 11.2. The monoisotopic (exact) mass is 398 g/mol. The molecule has 0 unspecified atom stereocenters. The summed E-state index contributed by atoms with van der Waals surface area (Å²) in [5, 5.41) is 7.70. The highest BCUT2D eigenvalue weighted by Crippen LogP contribution is 2.29. The van der Waals surface area contributed by atoms with E-state index in [-0.39, 0.29) is 0 Å². The summed E-state index contributed by atoms with van der Waals surface area (Å²) < 4.78 is 0. The molecular weight excluding hydrogens is 368 g/mol. The van der Waals surface area contributed by atoms with Crippen LogP contribution in [0.4, 0.5) is 5.82 Å². The van der Waals surface area contributed by atoms with Crippen molar-refractivity contribution in [3.05, 3.63) is 41.2 Å². The van der Waals surface area contributed by atoms with Crippen LogP contribution in [0.1, 0.15) is 50.6 Å². The van der Waals surface area contributed by atoms with Gasteiger partial charge < -0.3 is 10.6 Å². The van der Waals surface area contributed by atoms with E-state index < -0.39 is 0 Å².